The van der Waals surface area contributed by atoms with E-state index in [9.17, 15) is 10.2 Å². The van der Waals surface area contributed by atoms with Gasteiger partial charge in [0.15, 0.2) is 0 Å². The largest absolute Gasteiger partial charge is 0.390 e. The van der Waals surface area contributed by atoms with Crippen molar-refractivity contribution in [2.45, 2.75) is 131 Å². The zero-order valence-corrected chi connectivity index (χ0v) is 21.2. The summed E-state index contributed by atoms with van der Waals surface area (Å²) in [5.41, 5.74) is 2.29. The molecule has 2 nitrogen and oxygen atoms in total. The highest BCUT2D eigenvalue weighted by Crippen LogP contribution is 2.33. The lowest BCUT2D eigenvalue weighted by Crippen LogP contribution is -2.28. The molecule has 30 heavy (non-hydrogen) atoms. The molecule has 5 unspecified atom stereocenters. The minimum Gasteiger partial charge on any atom is -0.390 e. The van der Waals surface area contributed by atoms with E-state index in [0.29, 0.717) is 11.8 Å². The molecule has 0 radical (unpaired) electrons. The Labute approximate surface area is 188 Å². The molecule has 1 aliphatic carbocycles. The predicted octanol–water partition coefficient (Wildman–Crippen LogP) is 7.84. The van der Waals surface area contributed by atoms with Gasteiger partial charge in [-0.25, -0.2) is 0 Å². The van der Waals surface area contributed by atoms with E-state index in [1.54, 1.807) is 5.57 Å². The van der Waals surface area contributed by atoms with E-state index >= 15 is 0 Å². The van der Waals surface area contributed by atoms with Crippen molar-refractivity contribution < 1.29 is 10.2 Å². The van der Waals surface area contributed by atoms with Gasteiger partial charge in [-0.1, -0.05) is 77.2 Å². The van der Waals surface area contributed by atoms with Crippen LogP contribution in [0.3, 0.4) is 0 Å². The molecule has 0 aromatic rings. The summed E-state index contributed by atoms with van der Waals surface area (Å²) in [7, 11) is 0. The number of allylic oxidation sites excluding steroid dienone is 3. The summed E-state index contributed by atoms with van der Waals surface area (Å²) in [4.78, 5) is 0. The molecule has 1 rings (SSSR count). The Morgan fingerprint density at radius 2 is 1.83 bits per heavy atom. The minimum atomic E-state index is -0.593. The van der Waals surface area contributed by atoms with Gasteiger partial charge in [-0.15, -0.1) is 0 Å². The molecule has 1 aliphatic rings. The maximum absolute atomic E-state index is 10.8. The second kappa shape index (κ2) is 13.7. The van der Waals surface area contributed by atoms with Crippen LogP contribution in [0.25, 0.3) is 0 Å². The fourth-order valence-corrected chi connectivity index (χ4v) is 4.62. The summed E-state index contributed by atoms with van der Waals surface area (Å²) in [5.74, 6) is 2.40. The summed E-state index contributed by atoms with van der Waals surface area (Å²) in [6, 6.07) is 0. The van der Waals surface area contributed by atoms with Gasteiger partial charge < -0.3 is 10.2 Å². The number of rotatable bonds is 14. The number of hydrogen-bond donors (Lipinski definition) is 2. The third kappa shape index (κ3) is 11.7. The van der Waals surface area contributed by atoms with Crippen LogP contribution in [0.4, 0.5) is 0 Å². The third-order valence-corrected chi connectivity index (χ3v) is 7.33. The molecular formula is C28H52O2. The predicted molar refractivity (Wildman–Crippen MR) is 132 cm³/mol. The molecule has 2 heteroatoms. The van der Waals surface area contributed by atoms with Gasteiger partial charge in [-0.2, -0.15) is 0 Å². The molecule has 176 valence electrons. The molecule has 2 N–H and O–H groups in total. The van der Waals surface area contributed by atoms with E-state index < -0.39 is 5.60 Å². The lowest BCUT2D eigenvalue weighted by atomic mass is 9.78. The number of aliphatic hydroxyl groups excluding tert-OH is 1. The molecule has 0 aromatic heterocycles. The molecule has 0 spiro atoms. The van der Waals surface area contributed by atoms with Crippen molar-refractivity contribution in [3.8, 4) is 0 Å². The maximum atomic E-state index is 10.8. The van der Waals surface area contributed by atoms with Crippen LogP contribution in [-0.2, 0) is 0 Å². The standard InChI is InChI=1S/C28H52O2/c1-21(2)11-8-12-22(3)13-9-14-23(4)15-10-17-28(7,30)18-16-26-19-24(5)25(6)27(29)20-26/h13,20-21,23-25,27,29-30H,8-12,14-19H2,1-7H3/b22-13+. The fraction of sp³-hybridized carbons (Fsp3) is 0.857. The highest BCUT2D eigenvalue weighted by molar-refractivity contribution is 5.12. The Morgan fingerprint density at radius 3 is 2.47 bits per heavy atom. The molecular weight excluding hydrogens is 368 g/mol. The first-order valence-corrected chi connectivity index (χ1v) is 12.8. The van der Waals surface area contributed by atoms with E-state index in [-0.39, 0.29) is 6.10 Å². The van der Waals surface area contributed by atoms with Crippen molar-refractivity contribution in [2.24, 2.45) is 23.7 Å². The van der Waals surface area contributed by atoms with Gasteiger partial charge in [0.2, 0.25) is 0 Å². The molecule has 0 saturated heterocycles. The molecule has 0 fully saturated rings. The van der Waals surface area contributed by atoms with Crippen LogP contribution in [-0.4, -0.2) is 21.9 Å². The van der Waals surface area contributed by atoms with E-state index in [2.05, 4.69) is 47.6 Å². The molecule has 0 heterocycles. The van der Waals surface area contributed by atoms with E-state index in [1.807, 2.05) is 13.0 Å². The van der Waals surface area contributed by atoms with Crippen LogP contribution in [0, 0.1) is 23.7 Å². The second-order valence-corrected chi connectivity index (χ2v) is 11.3. The zero-order chi connectivity index (χ0) is 22.7. The van der Waals surface area contributed by atoms with Gasteiger partial charge >= 0.3 is 0 Å². The van der Waals surface area contributed by atoms with Crippen molar-refractivity contribution in [3.63, 3.8) is 0 Å². The Morgan fingerprint density at radius 1 is 1.13 bits per heavy atom. The topological polar surface area (TPSA) is 40.5 Å². The summed E-state index contributed by atoms with van der Waals surface area (Å²) < 4.78 is 0. The van der Waals surface area contributed by atoms with E-state index in [4.69, 9.17) is 0 Å². The summed E-state index contributed by atoms with van der Waals surface area (Å²) in [6.45, 7) is 15.6. The SMILES string of the molecule is C/C(=C\CCC(C)CCCC(C)(O)CCC1=CC(O)C(C)C(C)C1)CCCC(C)C. The summed E-state index contributed by atoms with van der Waals surface area (Å²) >= 11 is 0. The van der Waals surface area contributed by atoms with Crippen molar-refractivity contribution in [1.82, 2.24) is 0 Å². The van der Waals surface area contributed by atoms with E-state index in [1.165, 1.54) is 44.1 Å². The Hall–Kier alpha value is -0.600. The van der Waals surface area contributed by atoms with Crippen LogP contribution in [0.15, 0.2) is 23.3 Å². The highest BCUT2D eigenvalue weighted by atomic mass is 16.3. The normalized spacial score (nSPS) is 25.9. The van der Waals surface area contributed by atoms with Gasteiger partial charge in [0.1, 0.15) is 0 Å². The minimum absolute atomic E-state index is 0.317. The first-order chi connectivity index (χ1) is 14.0. The van der Waals surface area contributed by atoms with Crippen molar-refractivity contribution in [2.75, 3.05) is 0 Å². The van der Waals surface area contributed by atoms with Crippen molar-refractivity contribution in [1.29, 1.82) is 0 Å². The molecule has 0 bridgehead atoms. The second-order valence-electron chi connectivity index (χ2n) is 11.3. The average Bonchev–Trinajstić information content (AvgIpc) is 2.64. The van der Waals surface area contributed by atoms with Crippen molar-refractivity contribution in [3.05, 3.63) is 23.3 Å². The molecule has 0 aromatic carbocycles. The smallest absolute Gasteiger partial charge is 0.0751 e. The fourth-order valence-electron chi connectivity index (χ4n) is 4.62. The van der Waals surface area contributed by atoms with Gasteiger partial charge in [0.05, 0.1) is 11.7 Å². The van der Waals surface area contributed by atoms with Crippen LogP contribution in [0.1, 0.15) is 119 Å². The molecule has 0 aliphatic heterocycles. The van der Waals surface area contributed by atoms with Crippen molar-refractivity contribution >= 4 is 0 Å². The van der Waals surface area contributed by atoms with Gasteiger partial charge in [-0.3, -0.25) is 0 Å². The number of aliphatic hydroxyl groups is 2. The third-order valence-electron chi connectivity index (χ3n) is 7.33. The lowest BCUT2D eigenvalue weighted by molar-refractivity contribution is 0.0373. The lowest BCUT2D eigenvalue weighted by Gasteiger charge is -2.31. The first-order valence-electron chi connectivity index (χ1n) is 12.8. The van der Waals surface area contributed by atoms with Crippen LogP contribution >= 0.6 is 0 Å². The average molecular weight is 421 g/mol. The van der Waals surface area contributed by atoms with Crippen LogP contribution in [0.5, 0.6) is 0 Å². The van der Waals surface area contributed by atoms with Gasteiger partial charge in [0, 0.05) is 0 Å². The Kier molecular flexibility index (Phi) is 12.6. The zero-order valence-electron chi connectivity index (χ0n) is 21.2. The van der Waals surface area contributed by atoms with Gasteiger partial charge in [0.25, 0.3) is 0 Å². The molecule has 5 atom stereocenters. The highest BCUT2D eigenvalue weighted by Gasteiger charge is 2.27. The monoisotopic (exact) mass is 420 g/mol. The van der Waals surface area contributed by atoms with E-state index in [0.717, 1.165) is 43.9 Å². The number of hydrogen-bond acceptors (Lipinski definition) is 2. The Balaban J connectivity index is 2.22. The van der Waals surface area contributed by atoms with Crippen LogP contribution in [0.2, 0.25) is 0 Å². The molecule has 0 saturated carbocycles. The summed E-state index contributed by atoms with van der Waals surface area (Å²) in [6.07, 6.45) is 16.5. The Bertz CT molecular complexity index is 529. The van der Waals surface area contributed by atoms with Gasteiger partial charge in [-0.05, 0) is 88.9 Å². The maximum Gasteiger partial charge on any atom is 0.0751 e. The summed E-state index contributed by atoms with van der Waals surface area (Å²) in [5, 5.41) is 21.0. The van der Waals surface area contributed by atoms with Crippen LogP contribution < -0.4 is 0 Å². The molecule has 0 amide bonds. The first kappa shape index (κ1) is 27.4. The quantitative estimate of drug-likeness (QED) is 0.281.